The SMILES string of the molecule is Cc1cc(F)cnc1C(=O)Nc1ccc(F)c([C@@]2(C)N=C(N)C(C)(C)S3(O)NCC(F)(F)C[C@H]23)n1. The van der Waals surface area contributed by atoms with Crippen molar-refractivity contribution in [3.8, 4) is 0 Å². The molecule has 8 nitrogen and oxygen atoms in total. The minimum Gasteiger partial charge on any atom is -0.386 e. The van der Waals surface area contributed by atoms with Gasteiger partial charge in [0.25, 0.3) is 11.8 Å². The molecule has 1 unspecified atom stereocenters. The molecule has 4 heterocycles. The molecule has 0 saturated carbocycles. The first-order valence-corrected chi connectivity index (χ1v) is 12.4. The number of hydrogen-bond acceptors (Lipinski definition) is 7. The predicted octanol–water partition coefficient (Wildman–Crippen LogP) is 3.87. The smallest absolute Gasteiger partial charge is 0.275 e. The van der Waals surface area contributed by atoms with Gasteiger partial charge in [0, 0.05) is 6.42 Å². The second-order valence-electron chi connectivity index (χ2n) is 9.45. The van der Waals surface area contributed by atoms with Crippen molar-refractivity contribution in [2.45, 2.75) is 55.6 Å². The molecule has 190 valence electrons. The van der Waals surface area contributed by atoms with Gasteiger partial charge < -0.3 is 15.6 Å². The molecule has 4 rings (SSSR count). The Balaban J connectivity index is 1.79. The summed E-state index contributed by atoms with van der Waals surface area (Å²) in [6.45, 7) is 5.34. The van der Waals surface area contributed by atoms with Gasteiger partial charge in [0.15, 0.2) is 0 Å². The number of aliphatic imine (C=N–C) groups is 1. The van der Waals surface area contributed by atoms with Gasteiger partial charge in [-0.3, -0.25) is 14.5 Å². The highest BCUT2D eigenvalue weighted by Gasteiger charge is 2.64. The summed E-state index contributed by atoms with van der Waals surface area (Å²) in [5, 5.41) is 1.23. The average Bonchev–Trinajstić information content (AvgIpc) is 2.75. The highest BCUT2D eigenvalue weighted by Crippen LogP contribution is 2.67. The predicted molar refractivity (Wildman–Crippen MR) is 126 cm³/mol. The second-order valence-corrected chi connectivity index (χ2v) is 12.6. The van der Waals surface area contributed by atoms with E-state index in [1.807, 2.05) is 0 Å². The maximum atomic E-state index is 15.1. The topological polar surface area (TPSA) is 126 Å². The number of aryl methyl sites for hydroxylation is 1. The fraction of sp³-hybridized carbons (Fsp3) is 0.455. The lowest BCUT2D eigenvalue weighted by Crippen LogP contribution is -2.65. The molecule has 13 heteroatoms. The van der Waals surface area contributed by atoms with Crippen molar-refractivity contribution < 1.29 is 26.9 Å². The number of alkyl halides is 2. The molecule has 35 heavy (non-hydrogen) atoms. The minimum absolute atomic E-state index is 0.0340. The van der Waals surface area contributed by atoms with Crippen LogP contribution in [0.3, 0.4) is 0 Å². The molecular formula is C22H26F4N6O2S. The molecule has 2 aromatic rings. The van der Waals surface area contributed by atoms with E-state index in [4.69, 9.17) is 5.73 Å². The van der Waals surface area contributed by atoms with E-state index in [2.05, 4.69) is 25.0 Å². The summed E-state index contributed by atoms with van der Waals surface area (Å²) in [5.74, 6) is -5.53. The molecular weight excluding hydrogens is 488 g/mol. The largest absolute Gasteiger partial charge is 0.386 e. The van der Waals surface area contributed by atoms with Crippen molar-refractivity contribution in [1.29, 1.82) is 0 Å². The Morgan fingerprint density at radius 3 is 2.63 bits per heavy atom. The van der Waals surface area contributed by atoms with Gasteiger partial charge in [-0.05, 0) is 51.5 Å². The molecule has 5 N–H and O–H groups in total. The third kappa shape index (κ3) is 4.04. The quantitative estimate of drug-likeness (QED) is 0.461. The van der Waals surface area contributed by atoms with Crippen LogP contribution >= 0.6 is 10.5 Å². The standard InChI is InChI=1S/C22H26F4N6O2S/c1-11-7-12(23)9-28-16(11)18(33)31-15-6-5-13(24)17(30-15)21(4)14-8-22(25,26)10-29-35(14,34)20(2,3)19(27)32-21/h5-7,9,14,29,34H,8,10H2,1-4H3,(H2,27,32)(H,30,31,33)/t14-,21+/m1/s1. The van der Waals surface area contributed by atoms with E-state index in [1.54, 1.807) is 13.8 Å². The number of carbonyl (C=O) groups is 1. The summed E-state index contributed by atoms with van der Waals surface area (Å²) in [7, 11) is -3.07. The lowest BCUT2D eigenvalue weighted by molar-refractivity contribution is -0.0148. The number of amides is 1. The van der Waals surface area contributed by atoms with Crippen LogP contribution in [-0.4, -0.2) is 48.7 Å². The number of nitrogens with zero attached hydrogens (tertiary/aromatic N) is 3. The zero-order chi connectivity index (χ0) is 26.0. The second kappa shape index (κ2) is 8.14. The molecule has 0 radical (unpaired) electrons. The first-order valence-electron chi connectivity index (χ1n) is 10.7. The molecule has 0 bridgehead atoms. The van der Waals surface area contributed by atoms with Crippen LogP contribution in [0, 0.1) is 18.6 Å². The molecule has 0 spiro atoms. The summed E-state index contributed by atoms with van der Waals surface area (Å²) in [5.41, 5.74) is 4.26. The third-order valence-electron chi connectivity index (χ3n) is 6.65. The summed E-state index contributed by atoms with van der Waals surface area (Å²) < 4.78 is 70.6. The normalized spacial score (nSPS) is 31.0. The van der Waals surface area contributed by atoms with Crippen molar-refractivity contribution in [3.63, 3.8) is 0 Å². The van der Waals surface area contributed by atoms with E-state index in [9.17, 15) is 22.5 Å². The number of carbonyl (C=O) groups excluding carboxylic acids is 1. The Hall–Kier alpha value is -2.77. The van der Waals surface area contributed by atoms with Crippen molar-refractivity contribution in [2.75, 3.05) is 11.9 Å². The van der Waals surface area contributed by atoms with Crippen LogP contribution < -0.4 is 15.8 Å². The van der Waals surface area contributed by atoms with E-state index < -0.39 is 62.5 Å². The zero-order valence-corrected chi connectivity index (χ0v) is 20.3. The third-order valence-corrected chi connectivity index (χ3v) is 10.4. The fourth-order valence-corrected chi connectivity index (χ4v) is 7.87. The summed E-state index contributed by atoms with van der Waals surface area (Å²) >= 11 is 0. The fourth-order valence-electron chi connectivity index (χ4n) is 4.49. The van der Waals surface area contributed by atoms with E-state index in [0.29, 0.717) is 0 Å². The molecule has 1 fully saturated rings. The van der Waals surface area contributed by atoms with Gasteiger partial charge >= 0.3 is 0 Å². The Labute approximate surface area is 201 Å². The van der Waals surface area contributed by atoms with E-state index in [0.717, 1.165) is 18.3 Å². The molecule has 1 amide bonds. The number of nitrogens with two attached hydrogens (primary N) is 1. The van der Waals surface area contributed by atoms with Crippen LogP contribution in [0.25, 0.3) is 0 Å². The van der Waals surface area contributed by atoms with Crippen LogP contribution in [0.1, 0.15) is 48.9 Å². The van der Waals surface area contributed by atoms with E-state index >= 15 is 4.39 Å². The Bertz CT molecular complexity index is 1240. The van der Waals surface area contributed by atoms with Crippen molar-refractivity contribution in [1.82, 2.24) is 14.7 Å². The molecule has 3 atom stereocenters. The molecule has 0 aliphatic carbocycles. The van der Waals surface area contributed by atoms with Gasteiger partial charge in [-0.25, -0.2) is 27.5 Å². The number of nitrogens with one attached hydrogen (secondary N) is 2. The minimum atomic E-state index is -3.18. The molecule has 2 aromatic heterocycles. The van der Waals surface area contributed by atoms with E-state index in [-0.39, 0.29) is 28.6 Å². The summed E-state index contributed by atoms with van der Waals surface area (Å²) in [4.78, 5) is 25.0. The highest BCUT2D eigenvalue weighted by molar-refractivity contribution is 8.29. The molecule has 2 aliphatic rings. The van der Waals surface area contributed by atoms with Crippen molar-refractivity contribution in [2.24, 2.45) is 10.7 Å². The lowest BCUT2D eigenvalue weighted by atomic mass is 9.88. The summed E-state index contributed by atoms with van der Waals surface area (Å²) in [6.07, 6.45) is 0.118. The molecule has 2 aliphatic heterocycles. The van der Waals surface area contributed by atoms with Crippen molar-refractivity contribution >= 4 is 28.1 Å². The van der Waals surface area contributed by atoms with Crippen molar-refractivity contribution in [3.05, 3.63) is 53.0 Å². The monoisotopic (exact) mass is 514 g/mol. The number of halogens is 4. The van der Waals surface area contributed by atoms with Gasteiger partial charge in [0.05, 0.1) is 22.7 Å². The van der Waals surface area contributed by atoms with Crippen LogP contribution in [-0.2, 0) is 5.54 Å². The van der Waals surface area contributed by atoms with Gasteiger partial charge in [0.2, 0.25) is 0 Å². The Morgan fingerprint density at radius 2 is 1.97 bits per heavy atom. The van der Waals surface area contributed by atoms with Gasteiger partial charge in [-0.1, -0.05) is 10.5 Å². The summed E-state index contributed by atoms with van der Waals surface area (Å²) in [6, 6.07) is 3.33. The molecule has 0 aromatic carbocycles. The van der Waals surface area contributed by atoms with Gasteiger partial charge in [-0.2, -0.15) is 0 Å². The number of hydrogen-bond donors (Lipinski definition) is 4. The van der Waals surface area contributed by atoms with Crippen LogP contribution in [0.15, 0.2) is 29.4 Å². The number of anilines is 1. The highest BCUT2D eigenvalue weighted by atomic mass is 32.3. The average molecular weight is 515 g/mol. The first kappa shape index (κ1) is 25.3. The van der Waals surface area contributed by atoms with Gasteiger partial charge in [-0.15, -0.1) is 0 Å². The zero-order valence-electron chi connectivity index (χ0n) is 19.5. The van der Waals surface area contributed by atoms with Crippen LogP contribution in [0.5, 0.6) is 0 Å². The Morgan fingerprint density at radius 1 is 1.29 bits per heavy atom. The number of fused-ring (bicyclic) bond motifs is 1. The number of amidine groups is 1. The van der Waals surface area contributed by atoms with Gasteiger partial charge in [0.1, 0.15) is 40.2 Å². The maximum absolute atomic E-state index is 15.1. The lowest BCUT2D eigenvalue weighted by Gasteiger charge is -2.61. The van der Waals surface area contributed by atoms with Crippen LogP contribution in [0.2, 0.25) is 0 Å². The number of pyridine rings is 2. The first-order chi connectivity index (χ1) is 16.1. The number of rotatable bonds is 3. The number of aromatic nitrogens is 2. The van der Waals surface area contributed by atoms with Crippen LogP contribution in [0.4, 0.5) is 23.4 Å². The van der Waals surface area contributed by atoms with E-state index in [1.165, 1.54) is 19.9 Å². The Kier molecular flexibility index (Phi) is 5.89. The maximum Gasteiger partial charge on any atom is 0.275 e. The molecule has 1 saturated heterocycles.